The van der Waals surface area contributed by atoms with Crippen molar-refractivity contribution in [2.45, 2.75) is 38.7 Å². The van der Waals surface area contributed by atoms with Crippen molar-refractivity contribution in [3.63, 3.8) is 0 Å². The smallest absolute Gasteiger partial charge is 0.222 e. The molecule has 0 radical (unpaired) electrons. The van der Waals surface area contributed by atoms with Crippen LogP contribution in [0.4, 0.5) is 0 Å². The molecule has 0 saturated carbocycles. The lowest BCUT2D eigenvalue weighted by atomic mass is 9.94. The second-order valence-electron chi connectivity index (χ2n) is 5.27. The van der Waals surface area contributed by atoms with Crippen LogP contribution in [-0.2, 0) is 9.53 Å². The van der Waals surface area contributed by atoms with Crippen LogP contribution in [0.3, 0.4) is 0 Å². The molecule has 98 valence electrons. The van der Waals surface area contributed by atoms with E-state index in [2.05, 4.69) is 12.2 Å². The summed E-state index contributed by atoms with van der Waals surface area (Å²) in [6.07, 6.45) is 4.18. The molecule has 1 atom stereocenters. The summed E-state index contributed by atoms with van der Waals surface area (Å²) in [5.41, 5.74) is 0. The molecular formula is C13H24N2O2. The molecule has 2 aliphatic heterocycles. The van der Waals surface area contributed by atoms with Gasteiger partial charge in [-0.3, -0.25) is 4.79 Å². The average molecular weight is 240 g/mol. The lowest BCUT2D eigenvalue weighted by molar-refractivity contribution is -0.133. The third kappa shape index (κ3) is 3.96. The summed E-state index contributed by atoms with van der Waals surface area (Å²) in [7, 11) is 0. The van der Waals surface area contributed by atoms with Gasteiger partial charge in [-0.15, -0.1) is 0 Å². The minimum Gasteiger partial charge on any atom is -0.377 e. The second kappa shape index (κ2) is 6.36. The van der Waals surface area contributed by atoms with E-state index in [0.29, 0.717) is 11.8 Å². The number of nitrogens with one attached hydrogen (secondary N) is 1. The van der Waals surface area contributed by atoms with Crippen molar-refractivity contribution in [3.05, 3.63) is 0 Å². The topological polar surface area (TPSA) is 41.6 Å². The Kier molecular flexibility index (Phi) is 4.80. The van der Waals surface area contributed by atoms with E-state index >= 15 is 0 Å². The van der Waals surface area contributed by atoms with Crippen molar-refractivity contribution in [2.75, 3.05) is 32.8 Å². The van der Waals surface area contributed by atoms with Crippen molar-refractivity contribution in [3.8, 4) is 0 Å². The normalized spacial score (nSPS) is 27.8. The van der Waals surface area contributed by atoms with Crippen molar-refractivity contribution < 1.29 is 9.53 Å². The van der Waals surface area contributed by atoms with Crippen LogP contribution in [-0.4, -0.2) is 49.7 Å². The zero-order valence-electron chi connectivity index (χ0n) is 10.8. The van der Waals surface area contributed by atoms with E-state index < -0.39 is 0 Å². The van der Waals surface area contributed by atoms with Gasteiger partial charge in [0.15, 0.2) is 0 Å². The summed E-state index contributed by atoms with van der Waals surface area (Å²) in [6.45, 7) is 6.61. The third-order valence-corrected chi connectivity index (χ3v) is 3.73. The predicted octanol–water partition coefficient (Wildman–Crippen LogP) is 1.01. The third-order valence-electron chi connectivity index (χ3n) is 3.73. The van der Waals surface area contributed by atoms with E-state index in [-0.39, 0.29) is 6.10 Å². The molecule has 0 aliphatic carbocycles. The van der Waals surface area contributed by atoms with Crippen LogP contribution >= 0.6 is 0 Å². The minimum absolute atomic E-state index is 0.189. The summed E-state index contributed by atoms with van der Waals surface area (Å²) in [6, 6.07) is 0. The fraction of sp³-hybridized carbons (Fsp3) is 0.923. The molecular weight excluding hydrogens is 216 g/mol. The van der Waals surface area contributed by atoms with Gasteiger partial charge in [0.1, 0.15) is 0 Å². The Balaban J connectivity index is 1.80. The Morgan fingerprint density at radius 2 is 2.18 bits per heavy atom. The van der Waals surface area contributed by atoms with Crippen molar-refractivity contribution in [2.24, 2.45) is 5.92 Å². The van der Waals surface area contributed by atoms with Gasteiger partial charge in [-0.25, -0.2) is 0 Å². The Labute approximate surface area is 104 Å². The molecule has 1 N–H and O–H groups in total. The van der Waals surface area contributed by atoms with E-state index in [9.17, 15) is 4.79 Å². The van der Waals surface area contributed by atoms with Crippen LogP contribution in [0, 0.1) is 5.92 Å². The monoisotopic (exact) mass is 240 g/mol. The van der Waals surface area contributed by atoms with Gasteiger partial charge < -0.3 is 15.0 Å². The maximum atomic E-state index is 12.2. The highest BCUT2D eigenvalue weighted by atomic mass is 16.5. The molecule has 2 fully saturated rings. The van der Waals surface area contributed by atoms with Crippen LogP contribution in [0.2, 0.25) is 0 Å². The summed E-state index contributed by atoms with van der Waals surface area (Å²) < 4.78 is 5.57. The Bertz CT molecular complexity index is 252. The number of hydrogen-bond acceptors (Lipinski definition) is 3. The lowest BCUT2D eigenvalue weighted by Crippen LogP contribution is -2.38. The largest absolute Gasteiger partial charge is 0.377 e. The standard InChI is InChI=1S/C13H24N2O2/c1-11-10-15(7-2-8-17-11)13(16)9-12-3-5-14-6-4-12/h11-12,14H,2-10H2,1H3. The first-order valence-corrected chi connectivity index (χ1v) is 6.86. The number of nitrogens with zero attached hydrogens (tertiary/aromatic N) is 1. The van der Waals surface area contributed by atoms with Crippen LogP contribution in [0.5, 0.6) is 0 Å². The predicted molar refractivity (Wildman–Crippen MR) is 66.8 cm³/mol. The van der Waals surface area contributed by atoms with E-state index in [1.807, 2.05) is 4.90 Å². The molecule has 1 amide bonds. The molecule has 2 rings (SSSR count). The van der Waals surface area contributed by atoms with Crippen molar-refractivity contribution >= 4 is 5.91 Å². The first-order valence-electron chi connectivity index (χ1n) is 6.86. The summed E-state index contributed by atoms with van der Waals surface area (Å²) >= 11 is 0. The molecule has 0 bridgehead atoms. The van der Waals surface area contributed by atoms with Gasteiger partial charge in [-0.2, -0.15) is 0 Å². The highest BCUT2D eigenvalue weighted by Crippen LogP contribution is 2.18. The lowest BCUT2D eigenvalue weighted by Gasteiger charge is -2.27. The first-order chi connectivity index (χ1) is 8.25. The Morgan fingerprint density at radius 3 is 2.94 bits per heavy atom. The van der Waals surface area contributed by atoms with Crippen molar-refractivity contribution in [1.82, 2.24) is 10.2 Å². The number of carbonyl (C=O) groups excluding carboxylic acids is 1. The van der Waals surface area contributed by atoms with Gasteiger partial charge in [-0.1, -0.05) is 0 Å². The zero-order chi connectivity index (χ0) is 12.1. The number of hydrogen-bond donors (Lipinski definition) is 1. The molecule has 4 heteroatoms. The summed E-state index contributed by atoms with van der Waals surface area (Å²) in [5.74, 6) is 0.914. The van der Waals surface area contributed by atoms with E-state index in [1.165, 1.54) is 0 Å². The molecule has 1 unspecified atom stereocenters. The van der Waals surface area contributed by atoms with Gasteiger partial charge >= 0.3 is 0 Å². The van der Waals surface area contributed by atoms with E-state index in [0.717, 1.165) is 58.5 Å². The van der Waals surface area contributed by atoms with E-state index in [4.69, 9.17) is 4.74 Å². The maximum absolute atomic E-state index is 12.2. The second-order valence-corrected chi connectivity index (χ2v) is 5.27. The molecule has 4 nitrogen and oxygen atoms in total. The molecule has 17 heavy (non-hydrogen) atoms. The molecule has 2 heterocycles. The summed E-state index contributed by atoms with van der Waals surface area (Å²) in [5, 5.41) is 3.34. The summed E-state index contributed by atoms with van der Waals surface area (Å²) in [4.78, 5) is 14.2. The quantitative estimate of drug-likeness (QED) is 0.783. The van der Waals surface area contributed by atoms with Gasteiger partial charge in [0.05, 0.1) is 6.10 Å². The SMILES string of the molecule is CC1CN(C(=O)CC2CCNCC2)CCCO1. The minimum atomic E-state index is 0.189. The molecule has 0 aromatic rings. The fourth-order valence-corrected chi connectivity index (χ4v) is 2.68. The van der Waals surface area contributed by atoms with Crippen LogP contribution in [0.15, 0.2) is 0 Å². The van der Waals surface area contributed by atoms with E-state index in [1.54, 1.807) is 0 Å². The molecule has 0 aromatic carbocycles. The number of carbonyl (C=O) groups is 1. The number of ether oxygens (including phenoxy) is 1. The number of amides is 1. The zero-order valence-corrected chi connectivity index (χ0v) is 10.8. The first kappa shape index (κ1) is 12.8. The number of rotatable bonds is 2. The van der Waals surface area contributed by atoms with Gasteiger partial charge in [0, 0.05) is 26.1 Å². The maximum Gasteiger partial charge on any atom is 0.222 e. The average Bonchev–Trinajstić information content (AvgIpc) is 2.55. The van der Waals surface area contributed by atoms with Crippen LogP contribution in [0.1, 0.15) is 32.6 Å². The highest BCUT2D eigenvalue weighted by Gasteiger charge is 2.23. The van der Waals surface area contributed by atoms with Crippen molar-refractivity contribution in [1.29, 1.82) is 0 Å². The molecule has 2 aliphatic rings. The molecule has 0 spiro atoms. The molecule has 0 aromatic heterocycles. The Hall–Kier alpha value is -0.610. The van der Waals surface area contributed by atoms with Crippen LogP contribution < -0.4 is 5.32 Å². The number of piperidine rings is 1. The molecule has 2 saturated heterocycles. The Morgan fingerprint density at radius 1 is 1.41 bits per heavy atom. The van der Waals surface area contributed by atoms with Gasteiger partial charge in [-0.05, 0) is 45.2 Å². The highest BCUT2D eigenvalue weighted by molar-refractivity contribution is 5.76. The fourth-order valence-electron chi connectivity index (χ4n) is 2.68. The van der Waals surface area contributed by atoms with Crippen LogP contribution in [0.25, 0.3) is 0 Å². The van der Waals surface area contributed by atoms with Gasteiger partial charge in [0.25, 0.3) is 0 Å². The van der Waals surface area contributed by atoms with Gasteiger partial charge in [0.2, 0.25) is 5.91 Å².